The smallest absolute Gasteiger partial charge is 0.325 e. The van der Waals surface area contributed by atoms with Crippen LogP contribution in [-0.4, -0.2) is 33.1 Å². The second kappa shape index (κ2) is 4.89. The van der Waals surface area contributed by atoms with Crippen LogP contribution in [0.1, 0.15) is 6.92 Å². The third-order valence-corrected chi connectivity index (χ3v) is 1.51. The van der Waals surface area contributed by atoms with E-state index < -0.39 is 18.0 Å². The van der Waals surface area contributed by atoms with Crippen molar-refractivity contribution in [2.75, 3.05) is 5.32 Å². The lowest BCUT2D eigenvalue weighted by Gasteiger charge is -2.09. The zero-order chi connectivity index (χ0) is 11.3. The number of hydrogen-bond donors (Lipinski definition) is 3. The van der Waals surface area contributed by atoms with E-state index in [4.69, 9.17) is 5.11 Å². The van der Waals surface area contributed by atoms with Crippen molar-refractivity contribution in [1.29, 1.82) is 0 Å². The molecule has 0 spiro atoms. The van der Waals surface area contributed by atoms with Gasteiger partial charge in [-0.15, -0.1) is 0 Å². The molecule has 80 valence electrons. The first-order valence-electron chi connectivity index (χ1n) is 4.17. The highest BCUT2D eigenvalue weighted by molar-refractivity contribution is 5.90. The molecule has 0 fully saturated rings. The minimum Gasteiger partial charge on any atom is -0.480 e. The summed E-state index contributed by atoms with van der Waals surface area (Å²) in [6.45, 7) is 1.35. The number of amides is 2. The van der Waals surface area contributed by atoms with Crippen molar-refractivity contribution in [1.82, 2.24) is 15.3 Å². The maximum atomic E-state index is 11.2. The number of carboxylic acid groups (broad SMARTS) is 1. The average molecular weight is 210 g/mol. The molecule has 0 saturated carbocycles. The number of carboxylic acids is 1. The maximum absolute atomic E-state index is 11.2. The zero-order valence-corrected chi connectivity index (χ0v) is 7.97. The van der Waals surface area contributed by atoms with Gasteiger partial charge in [0.1, 0.15) is 6.04 Å². The molecule has 2 amide bonds. The Bertz CT molecular complexity index is 354. The molecule has 0 aromatic carbocycles. The lowest BCUT2D eigenvalue weighted by Crippen LogP contribution is -2.41. The Hall–Kier alpha value is -2.18. The van der Waals surface area contributed by atoms with E-state index in [1.54, 1.807) is 6.07 Å². The monoisotopic (exact) mass is 210 g/mol. The second-order valence-corrected chi connectivity index (χ2v) is 2.73. The predicted molar refractivity (Wildman–Crippen MR) is 51.3 cm³/mol. The first kappa shape index (κ1) is 10.9. The third kappa shape index (κ3) is 3.59. The number of nitrogens with zero attached hydrogens (tertiary/aromatic N) is 2. The minimum atomic E-state index is -1.11. The molecule has 1 atom stereocenters. The molecule has 0 radical (unpaired) electrons. The molecule has 1 aromatic rings. The number of nitrogens with one attached hydrogen (secondary N) is 2. The number of urea groups is 1. The second-order valence-electron chi connectivity index (χ2n) is 2.73. The van der Waals surface area contributed by atoms with Gasteiger partial charge >= 0.3 is 12.0 Å². The Kier molecular flexibility index (Phi) is 3.55. The van der Waals surface area contributed by atoms with Gasteiger partial charge in [-0.25, -0.2) is 14.8 Å². The summed E-state index contributed by atoms with van der Waals surface area (Å²) in [5.74, 6) is -0.994. The topological polar surface area (TPSA) is 104 Å². The van der Waals surface area contributed by atoms with Gasteiger partial charge in [-0.05, 0) is 13.0 Å². The van der Waals surface area contributed by atoms with Crippen LogP contribution in [0, 0.1) is 0 Å². The van der Waals surface area contributed by atoms with Gasteiger partial charge in [-0.1, -0.05) is 0 Å². The summed E-state index contributed by atoms with van der Waals surface area (Å²) in [5, 5.41) is 13.0. The SMILES string of the molecule is CC(NC(=O)Nc1ncccn1)C(=O)O. The molecule has 1 heterocycles. The van der Waals surface area contributed by atoms with Crippen molar-refractivity contribution in [3.05, 3.63) is 18.5 Å². The van der Waals surface area contributed by atoms with Gasteiger partial charge in [-0.3, -0.25) is 10.1 Å². The Balaban J connectivity index is 2.47. The third-order valence-electron chi connectivity index (χ3n) is 1.51. The van der Waals surface area contributed by atoms with E-state index in [0.29, 0.717) is 0 Å². The van der Waals surface area contributed by atoms with Crippen LogP contribution in [-0.2, 0) is 4.79 Å². The number of aliphatic carboxylic acids is 1. The lowest BCUT2D eigenvalue weighted by atomic mass is 10.3. The summed E-state index contributed by atoms with van der Waals surface area (Å²) in [4.78, 5) is 29.1. The van der Waals surface area contributed by atoms with Crippen LogP contribution in [0.3, 0.4) is 0 Å². The lowest BCUT2D eigenvalue weighted by molar-refractivity contribution is -0.138. The fourth-order valence-corrected chi connectivity index (χ4v) is 0.760. The summed E-state index contributed by atoms with van der Waals surface area (Å²) >= 11 is 0. The standard InChI is InChI=1S/C8H10N4O3/c1-5(6(13)14)11-8(15)12-7-9-3-2-4-10-7/h2-5H,1H3,(H,13,14)(H2,9,10,11,12,15). The van der Waals surface area contributed by atoms with E-state index in [2.05, 4.69) is 20.6 Å². The van der Waals surface area contributed by atoms with Crippen LogP contribution in [0.4, 0.5) is 10.7 Å². The van der Waals surface area contributed by atoms with E-state index >= 15 is 0 Å². The Labute approximate surface area is 85.5 Å². The van der Waals surface area contributed by atoms with Crippen molar-refractivity contribution in [3.63, 3.8) is 0 Å². The molecule has 7 nitrogen and oxygen atoms in total. The summed E-state index contributed by atoms with van der Waals surface area (Å²) in [6.07, 6.45) is 2.92. The predicted octanol–water partition coefficient (Wildman–Crippen LogP) is 0.0712. The van der Waals surface area contributed by atoms with Gasteiger partial charge in [0.25, 0.3) is 0 Å². The molecular formula is C8H10N4O3. The van der Waals surface area contributed by atoms with Crippen molar-refractivity contribution in [2.24, 2.45) is 0 Å². The number of hydrogen-bond acceptors (Lipinski definition) is 4. The van der Waals surface area contributed by atoms with Gasteiger partial charge < -0.3 is 10.4 Å². The Morgan fingerprint density at radius 3 is 2.53 bits per heavy atom. The van der Waals surface area contributed by atoms with Crippen molar-refractivity contribution in [2.45, 2.75) is 13.0 Å². The summed E-state index contributed by atoms with van der Waals surface area (Å²) in [6, 6.07) is -0.0204. The molecule has 1 aromatic heterocycles. The largest absolute Gasteiger partial charge is 0.480 e. The van der Waals surface area contributed by atoms with E-state index in [0.717, 1.165) is 0 Å². The summed E-state index contributed by atoms with van der Waals surface area (Å²) in [5.41, 5.74) is 0. The molecule has 1 unspecified atom stereocenters. The highest BCUT2D eigenvalue weighted by Crippen LogP contribution is 1.93. The van der Waals surface area contributed by atoms with Crippen LogP contribution in [0.2, 0.25) is 0 Å². The molecule has 0 saturated heterocycles. The first-order chi connectivity index (χ1) is 7.09. The molecule has 0 bridgehead atoms. The van der Waals surface area contributed by atoms with Crippen LogP contribution >= 0.6 is 0 Å². The Morgan fingerprint density at radius 1 is 1.40 bits per heavy atom. The molecule has 1 rings (SSSR count). The normalized spacial score (nSPS) is 11.5. The van der Waals surface area contributed by atoms with Gasteiger partial charge in [-0.2, -0.15) is 0 Å². The molecule has 7 heteroatoms. The fraction of sp³-hybridized carbons (Fsp3) is 0.250. The molecule has 0 aliphatic rings. The first-order valence-corrected chi connectivity index (χ1v) is 4.17. The fourth-order valence-electron chi connectivity index (χ4n) is 0.760. The van der Waals surface area contributed by atoms with Crippen molar-refractivity contribution >= 4 is 17.9 Å². The molecule has 0 aliphatic carbocycles. The number of carbonyl (C=O) groups excluding carboxylic acids is 1. The number of aromatic nitrogens is 2. The van der Waals surface area contributed by atoms with Gasteiger partial charge in [0, 0.05) is 12.4 Å². The van der Waals surface area contributed by atoms with E-state index in [9.17, 15) is 9.59 Å². The highest BCUT2D eigenvalue weighted by Gasteiger charge is 2.13. The summed E-state index contributed by atoms with van der Waals surface area (Å²) < 4.78 is 0. The highest BCUT2D eigenvalue weighted by atomic mass is 16.4. The van der Waals surface area contributed by atoms with E-state index in [1.807, 2.05) is 0 Å². The van der Waals surface area contributed by atoms with Crippen LogP contribution in [0.15, 0.2) is 18.5 Å². The van der Waals surface area contributed by atoms with Crippen LogP contribution in [0.25, 0.3) is 0 Å². The number of rotatable bonds is 3. The minimum absolute atomic E-state index is 0.118. The van der Waals surface area contributed by atoms with Crippen molar-refractivity contribution < 1.29 is 14.7 Å². The van der Waals surface area contributed by atoms with Gasteiger partial charge in [0.15, 0.2) is 0 Å². The van der Waals surface area contributed by atoms with Crippen LogP contribution in [0.5, 0.6) is 0 Å². The quantitative estimate of drug-likeness (QED) is 0.654. The van der Waals surface area contributed by atoms with Crippen LogP contribution < -0.4 is 10.6 Å². The molecule has 0 aliphatic heterocycles. The molecular weight excluding hydrogens is 200 g/mol. The zero-order valence-electron chi connectivity index (χ0n) is 7.97. The summed E-state index contributed by atoms with van der Waals surface area (Å²) in [7, 11) is 0. The van der Waals surface area contributed by atoms with E-state index in [-0.39, 0.29) is 5.95 Å². The van der Waals surface area contributed by atoms with Gasteiger partial charge in [0.05, 0.1) is 0 Å². The molecule has 15 heavy (non-hydrogen) atoms. The average Bonchev–Trinajstić information content (AvgIpc) is 2.18. The maximum Gasteiger partial charge on any atom is 0.325 e. The number of carbonyl (C=O) groups is 2. The molecule has 3 N–H and O–H groups in total. The number of anilines is 1. The van der Waals surface area contributed by atoms with Crippen molar-refractivity contribution in [3.8, 4) is 0 Å². The van der Waals surface area contributed by atoms with E-state index in [1.165, 1.54) is 19.3 Å². The van der Waals surface area contributed by atoms with Gasteiger partial charge in [0.2, 0.25) is 5.95 Å². The Morgan fingerprint density at radius 2 is 2.00 bits per heavy atom.